The maximum atomic E-state index is 2.47. The second-order valence-corrected chi connectivity index (χ2v) is 15.9. The van der Waals surface area contributed by atoms with Gasteiger partial charge in [0, 0.05) is 42.8 Å². The molecule has 52 heavy (non-hydrogen) atoms. The van der Waals surface area contributed by atoms with Crippen LogP contribution in [0.25, 0.3) is 99.1 Å². The van der Waals surface area contributed by atoms with Gasteiger partial charge in [-0.2, -0.15) is 0 Å². The number of para-hydroxylation sites is 2. The molecule has 0 aliphatic heterocycles. The minimum atomic E-state index is 0.556. The number of hydrogen-bond acceptors (Lipinski definition) is 1. The lowest BCUT2D eigenvalue weighted by Gasteiger charge is -2.13. The van der Waals surface area contributed by atoms with Gasteiger partial charge >= 0.3 is 0 Å². The number of hydrogen-bond donors (Lipinski definition) is 0. The predicted molar refractivity (Wildman–Crippen MR) is 223 cm³/mol. The Bertz CT molecular complexity index is 3040. The molecular formula is C49H34N2S. The van der Waals surface area contributed by atoms with E-state index in [0.29, 0.717) is 5.25 Å². The van der Waals surface area contributed by atoms with Crippen LogP contribution in [-0.4, -0.2) is 14.4 Å². The summed E-state index contributed by atoms with van der Waals surface area (Å²) >= 11 is 1.90. The van der Waals surface area contributed by atoms with Gasteiger partial charge in [-0.25, -0.2) is 0 Å². The molecule has 0 atom stereocenters. The van der Waals surface area contributed by atoms with E-state index in [0.717, 1.165) is 0 Å². The van der Waals surface area contributed by atoms with Crippen LogP contribution < -0.4 is 0 Å². The van der Waals surface area contributed by atoms with E-state index in [1.807, 2.05) is 11.8 Å². The van der Waals surface area contributed by atoms with Gasteiger partial charge in [0.05, 0.1) is 27.8 Å². The highest BCUT2D eigenvalue weighted by Gasteiger charge is 2.24. The van der Waals surface area contributed by atoms with E-state index < -0.39 is 0 Å². The van der Waals surface area contributed by atoms with E-state index >= 15 is 0 Å². The van der Waals surface area contributed by atoms with E-state index in [9.17, 15) is 0 Å². The van der Waals surface area contributed by atoms with Crippen LogP contribution in [0.15, 0.2) is 169 Å². The quantitative estimate of drug-likeness (QED) is 0.164. The molecule has 0 saturated carbocycles. The van der Waals surface area contributed by atoms with Crippen LogP contribution >= 0.6 is 11.8 Å². The van der Waals surface area contributed by atoms with Crippen LogP contribution in [0.5, 0.6) is 0 Å². The molecule has 11 rings (SSSR count). The second-order valence-electron chi connectivity index (χ2n) is 14.2. The highest BCUT2D eigenvalue weighted by atomic mass is 32.2. The molecule has 8 aromatic carbocycles. The number of thioether (sulfide) groups is 1. The number of aromatic nitrogens is 2. The molecule has 0 radical (unpaired) electrons. The predicted octanol–water partition coefficient (Wildman–Crippen LogP) is 13.8. The van der Waals surface area contributed by atoms with Crippen molar-refractivity contribution in [2.45, 2.75) is 24.0 Å². The highest BCUT2D eigenvalue weighted by molar-refractivity contribution is 7.99. The van der Waals surface area contributed by atoms with Gasteiger partial charge in [0.2, 0.25) is 0 Å². The van der Waals surface area contributed by atoms with Gasteiger partial charge in [0.15, 0.2) is 0 Å². The van der Waals surface area contributed by atoms with Gasteiger partial charge in [-0.15, -0.1) is 11.8 Å². The van der Waals surface area contributed by atoms with Gasteiger partial charge in [0.1, 0.15) is 0 Å². The van der Waals surface area contributed by atoms with Crippen molar-refractivity contribution < 1.29 is 0 Å². The third-order valence-corrected chi connectivity index (χ3v) is 11.9. The summed E-state index contributed by atoms with van der Waals surface area (Å²) in [4.78, 5) is 1.30. The van der Waals surface area contributed by atoms with E-state index in [2.05, 4.69) is 187 Å². The number of benzene rings is 8. The first-order chi connectivity index (χ1) is 25.6. The normalized spacial score (nSPS) is 12.3. The zero-order valence-corrected chi connectivity index (χ0v) is 29.8. The van der Waals surface area contributed by atoms with Crippen molar-refractivity contribution in [3.8, 4) is 44.8 Å². The van der Waals surface area contributed by atoms with Crippen molar-refractivity contribution in [1.82, 2.24) is 9.13 Å². The maximum Gasteiger partial charge on any atom is 0.0541 e. The van der Waals surface area contributed by atoms with E-state index in [-0.39, 0.29) is 0 Å². The largest absolute Gasteiger partial charge is 0.309 e. The molecule has 1 aliphatic rings. The van der Waals surface area contributed by atoms with Crippen LogP contribution in [0.4, 0.5) is 0 Å². The van der Waals surface area contributed by atoms with Crippen LogP contribution in [0, 0.1) is 0 Å². The summed E-state index contributed by atoms with van der Waals surface area (Å²) in [5.74, 6) is 0. The van der Waals surface area contributed by atoms with Crippen LogP contribution in [0.2, 0.25) is 0 Å². The molecule has 10 aromatic rings. The first-order valence-corrected chi connectivity index (χ1v) is 19.0. The fourth-order valence-corrected chi connectivity index (χ4v) is 9.61. The van der Waals surface area contributed by atoms with Gasteiger partial charge in [-0.1, -0.05) is 111 Å². The van der Waals surface area contributed by atoms with E-state index in [1.165, 1.54) is 104 Å². The molecule has 2 nitrogen and oxygen atoms in total. The zero-order valence-electron chi connectivity index (χ0n) is 29.0. The number of nitrogens with zero attached hydrogens (tertiary/aromatic N) is 2. The Hall–Kier alpha value is -6.03. The van der Waals surface area contributed by atoms with Crippen LogP contribution in [0.3, 0.4) is 0 Å². The average Bonchev–Trinajstić information content (AvgIpc) is 3.81. The summed E-state index contributed by atoms with van der Waals surface area (Å²) in [5, 5.41) is 8.26. The lowest BCUT2D eigenvalue weighted by atomic mass is 10.0. The molecule has 0 amide bonds. The SMILES string of the molecule is CC(C)Sc1ccc(-n2c3ccccc3c3cc(-c4ccc5c(c4)c4ccccc4n5-c4ccc5c6c(cccc46)-c4ccccc4-5)ccc32)cc1. The van der Waals surface area contributed by atoms with E-state index in [4.69, 9.17) is 0 Å². The van der Waals surface area contributed by atoms with Crippen LogP contribution in [-0.2, 0) is 0 Å². The molecule has 2 aromatic heterocycles. The van der Waals surface area contributed by atoms with Crippen molar-refractivity contribution in [3.63, 3.8) is 0 Å². The lowest BCUT2D eigenvalue weighted by molar-refractivity contribution is 1.11. The zero-order chi connectivity index (χ0) is 34.5. The molecule has 0 saturated heterocycles. The smallest absolute Gasteiger partial charge is 0.0541 e. The topological polar surface area (TPSA) is 9.86 Å². The Labute approximate surface area is 306 Å². The maximum absolute atomic E-state index is 2.47. The first kappa shape index (κ1) is 29.7. The molecule has 246 valence electrons. The van der Waals surface area contributed by atoms with Crippen molar-refractivity contribution in [1.29, 1.82) is 0 Å². The van der Waals surface area contributed by atoms with Gasteiger partial charge < -0.3 is 9.13 Å². The Kier molecular flexibility index (Phi) is 6.41. The minimum absolute atomic E-state index is 0.556. The monoisotopic (exact) mass is 682 g/mol. The van der Waals surface area contributed by atoms with Crippen molar-refractivity contribution >= 4 is 66.1 Å². The second kappa shape index (κ2) is 11.2. The number of fused-ring (bicyclic) bond motifs is 9. The molecule has 0 N–H and O–H groups in total. The Morgan fingerprint density at radius 2 is 0.923 bits per heavy atom. The van der Waals surface area contributed by atoms with Crippen LogP contribution in [0.1, 0.15) is 13.8 Å². The van der Waals surface area contributed by atoms with Crippen molar-refractivity contribution in [2.75, 3.05) is 0 Å². The highest BCUT2D eigenvalue weighted by Crippen LogP contribution is 2.49. The average molecular weight is 683 g/mol. The molecule has 0 bridgehead atoms. The summed E-state index contributed by atoms with van der Waals surface area (Å²) in [6.07, 6.45) is 0. The third kappa shape index (κ3) is 4.26. The van der Waals surface area contributed by atoms with Gasteiger partial charge in [0.25, 0.3) is 0 Å². The fraction of sp³-hybridized carbons (Fsp3) is 0.0612. The molecule has 2 heterocycles. The van der Waals surface area contributed by atoms with Crippen molar-refractivity contribution in [2.24, 2.45) is 0 Å². The standard InChI is InChI=1S/C49H34N2S/c1-30(2)52-34-22-20-33(21-23-34)50-44-16-7-5-12-37(44)42-28-31(18-25-47(42)50)32-19-26-48-43(29-32)38-13-6-8-17-45(38)51(48)46-27-24-40-36-11-4-3-10-35(36)39-14-9-15-41(46)49(39)40/h3-30H,1-2H3. The minimum Gasteiger partial charge on any atom is -0.309 e. The summed E-state index contributed by atoms with van der Waals surface area (Å²) in [6.45, 7) is 4.49. The molecule has 0 fully saturated rings. The Morgan fingerprint density at radius 1 is 0.404 bits per heavy atom. The molecular weight excluding hydrogens is 649 g/mol. The summed E-state index contributed by atoms with van der Waals surface area (Å²) < 4.78 is 4.88. The fourth-order valence-electron chi connectivity index (χ4n) is 8.78. The third-order valence-electron chi connectivity index (χ3n) is 10.9. The molecule has 1 aliphatic carbocycles. The van der Waals surface area contributed by atoms with Gasteiger partial charge in [-0.05, 0) is 105 Å². The number of rotatable bonds is 5. The summed E-state index contributed by atoms with van der Waals surface area (Å²) in [6, 6.07) is 60.9. The molecule has 0 spiro atoms. The summed E-state index contributed by atoms with van der Waals surface area (Å²) in [5.41, 5.74) is 15.1. The van der Waals surface area contributed by atoms with E-state index in [1.54, 1.807) is 0 Å². The molecule has 3 heteroatoms. The Balaban J connectivity index is 1.08. The van der Waals surface area contributed by atoms with Gasteiger partial charge in [-0.3, -0.25) is 0 Å². The molecule has 0 unspecified atom stereocenters. The first-order valence-electron chi connectivity index (χ1n) is 18.1. The van der Waals surface area contributed by atoms with Crippen molar-refractivity contribution in [3.05, 3.63) is 164 Å². The summed E-state index contributed by atoms with van der Waals surface area (Å²) in [7, 11) is 0. The Morgan fingerprint density at radius 3 is 1.58 bits per heavy atom. The lowest BCUT2D eigenvalue weighted by Crippen LogP contribution is -1.95.